The lowest BCUT2D eigenvalue weighted by Crippen LogP contribution is -2.01. The van der Waals surface area contributed by atoms with Gasteiger partial charge in [-0.3, -0.25) is 0 Å². The topological polar surface area (TPSA) is 0 Å². The molecule has 1 rings (SSSR count). The standard InChI is InChI=1S/C6H9Cl2/c1-3-5(2)4-6(5,7)8/h1,3-4H2,2H3. The van der Waals surface area contributed by atoms with Crippen LogP contribution in [0.1, 0.15) is 19.8 Å². The van der Waals surface area contributed by atoms with Crippen LogP contribution in [-0.4, -0.2) is 4.33 Å². The van der Waals surface area contributed by atoms with Crippen molar-refractivity contribution in [2.45, 2.75) is 24.1 Å². The Bertz CT molecular complexity index is 109. The normalized spacial score (nSPS) is 42.0. The number of alkyl halides is 2. The highest BCUT2D eigenvalue weighted by molar-refractivity contribution is 6.51. The van der Waals surface area contributed by atoms with E-state index in [0.717, 1.165) is 12.8 Å². The molecule has 0 amide bonds. The van der Waals surface area contributed by atoms with Gasteiger partial charge in [0, 0.05) is 5.41 Å². The third-order valence-corrected chi connectivity index (χ3v) is 3.10. The van der Waals surface area contributed by atoms with Gasteiger partial charge in [0.2, 0.25) is 0 Å². The monoisotopic (exact) mass is 151 g/mol. The van der Waals surface area contributed by atoms with Gasteiger partial charge in [0.1, 0.15) is 4.33 Å². The molecule has 1 radical (unpaired) electrons. The Kier molecular flexibility index (Phi) is 1.29. The molecule has 2 heteroatoms. The maximum absolute atomic E-state index is 5.77. The second-order valence-electron chi connectivity index (χ2n) is 2.69. The van der Waals surface area contributed by atoms with Crippen molar-refractivity contribution in [3.63, 3.8) is 0 Å². The van der Waals surface area contributed by atoms with Crippen LogP contribution in [0.25, 0.3) is 0 Å². The summed E-state index contributed by atoms with van der Waals surface area (Å²) in [5.74, 6) is 0. The zero-order chi connectivity index (χ0) is 6.41. The smallest absolute Gasteiger partial charge is 0.101 e. The van der Waals surface area contributed by atoms with Gasteiger partial charge in [-0.2, -0.15) is 0 Å². The molecule has 1 aliphatic carbocycles. The van der Waals surface area contributed by atoms with E-state index < -0.39 is 4.33 Å². The summed E-state index contributed by atoms with van der Waals surface area (Å²) in [5, 5.41) is 0. The van der Waals surface area contributed by atoms with E-state index in [9.17, 15) is 0 Å². The number of rotatable bonds is 1. The van der Waals surface area contributed by atoms with E-state index in [1.807, 2.05) is 0 Å². The van der Waals surface area contributed by atoms with Crippen molar-refractivity contribution in [1.29, 1.82) is 0 Å². The van der Waals surface area contributed by atoms with Crippen molar-refractivity contribution < 1.29 is 0 Å². The Balaban J connectivity index is 2.55. The van der Waals surface area contributed by atoms with Crippen LogP contribution in [0.3, 0.4) is 0 Å². The molecule has 0 spiro atoms. The summed E-state index contributed by atoms with van der Waals surface area (Å²) in [7, 11) is 0. The van der Waals surface area contributed by atoms with E-state index in [1.54, 1.807) is 0 Å². The second kappa shape index (κ2) is 1.54. The highest BCUT2D eigenvalue weighted by Crippen LogP contribution is 2.65. The quantitative estimate of drug-likeness (QED) is 0.506. The summed E-state index contributed by atoms with van der Waals surface area (Å²) in [5.41, 5.74) is 0.107. The fourth-order valence-electron chi connectivity index (χ4n) is 0.717. The van der Waals surface area contributed by atoms with Crippen molar-refractivity contribution in [1.82, 2.24) is 0 Å². The predicted octanol–water partition coefficient (Wildman–Crippen LogP) is 2.79. The molecule has 1 atom stereocenters. The van der Waals surface area contributed by atoms with Crippen molar-refractivity contribution in [2.75, 3.05) is 0 Å². The van der Waals surface area contributed by atoms with Crippen LogP contribution in [-0.2, 0) is 0 Å². The fourth-order valence-corrected chi connectivity index (χ4v) is 1.50. The SMILES string of the molecule is [CH2]CC1(C)CC1(Cl)Cl. The first-order valence-corrected chi connectivity index (χ1v) is 3.44. The predicted molar refractivity (Wildman–Crippen MR) is 37.1 cm³/mol. The molecule has 1 saturated carbocycles. The summed E-state index contributed by atoms with van der Waals surface area (Å²) in [4.78, 5) is 0. The minimum atomic E-state index is -0.464. The summed E-state index contributed by atoms with van der Waals surface area (Å²) in [6.45, 7) is 5.80. The summed E-state index contributed by atoms with van der Waals surface area (Å²) in [6.07, 6.45) is 1.73. The molecule has 0 aromatic heterocycles. The highest BCUT2D eigenvalue weighted by atomic mass is 35.5. The summed E-state index contributed by atoms with van der Waals surface area (Å²) in [6, 6.07) is 0. The lowest BCUT2D eigenvalue weighted by molar-refractivity contribution is 0.572. The molecular formula is C6H9Cl2. The largest absolute Gasteiger partial charge is 0.124 e. The van der Waals surface area contributed by atoms with Crippen molar-refractivity contribution in [3.05, 3.63) is 6.92 Å². The van der Waals surface area contributed by atoms with Crippen LogP contribution in [0.5, 0.6) is 0 Å². The van der Waals surface area contributed by atoms with Crippen molar-refractivity contribution >= 4 is 23.2 Å². The Morgan fingerprint density at radius 3 is 2.00 bits per heavy atom. The Hall–Kier alpha value is 0.580. The van der Waals surface area contributed by atoms with E-state index in [-0.39, 0.29) is 5.41 Å². The Labute approximate surface area is 60.2 Å². The van der Waals surface area contributed by atoms with E-state index in [2.05, 4.69) is 13.8 Å². The third kappa shape index (κ3) is 0.745. The molecule has 0 N–H and O–H groups in total. The minimum absolute atomic E-state index is 0.107. The number of halogens is 2. The first kappa shape index (κ1) is 6.70. The molecule has 8 heavy (non-hydrogen) atoms. The van der Waals surface area contributed by atoms with Gasteiger partial charge in [-0.1, -0.05) is 13.8 Å². The molecule has 0 nitrogen and oxygen atoms in total. The van der Waals surface area contributed by atoms with E-state index >= 15 is 0 Å². The van der Waals surface area contributed by atoms with Gasteiger partial charge in [-0.15, -0.1) is 23.2 Å². The molecule has 0 aromatic carbocycles. The maximum Gasteiger partial charge on any atom is 0.124 e. The molecule has 0 heterocycles. The fraction of sp³-hybridized carbons (Fsp3) is 0.833. The van der Waals surface area contributed by atoms with Crippen molar-refractivity contribution in [3.8, 4) is 0 Å². The summed E-state index contributed by atoms with van der Waals surface area (Å²) < 4.78 is -0.464. The first-order chi connectivity index (χ1) is 3.52. The second-order valence-corrected chi connectivity index (χ2v) is 4.18. The van der Waals surface area contributed by atoms with Crippen LogP contribution in [0.15, 0.2) is 0 Å². The molecule has 1 fully saturated rings. The molecular weight excluding hydrogens is 143 g/mol. The average molecular weight is 152 g/mol. The lowest BCUT2D eigenvalue weighted by atomic mass is 10.1. The van der Waals surface area contributed by atoms with E-state index in [4.69, 9.17) is 23.2 Å². The van der Waals surface area contributed by atoms with Gasteiger partial charge < -0.3 is 0 Å². The minimum Gasteiger partial charge on any atom is -0.101 e. The third-order valence-electron chi connectivity index (χ3n) is 1.92. The zero-order valence-electron chi connectivity index (χ0n) is 4.88. The molecule has 0 saturated heterocycles. The Morgan fingerprint density at radius 1 is 1.62 bits per heavy atom. The van der Waals surface area contributed by atoms with E-state index in [0.29, 0.717) is 0 Å². The van der Waals surface area contributed by atoms with Gasteiger partial charge in [-0.05, 0) is 12.8 Å². The molecule has 1 unspecified atom stereocenters. The maximum atomic E-state index is 5.77. The van der Waals surface area contributed by atoms with Gasteiger partial charge in [0.05, 0.1) is 0 Å². The van der Waals surface area contributed by atoms with Gasteiger partial charge in [-0.25, -0.2) is 0 Å². The molecule has 0 aliphatic heterocycles. The van der Waals surface area contributed by atoms with Crippen LogP contribution in [0, 0.1) is 12.3 Å². The van der Waals surface area contributed by atoms with Crippen LogP contribution in [0.2, 0.25) is 0 Å². The number of hydrogen-bond acceptors (Lipinski definition) is 0. The van der Waals surface area contributed by atoms with Crippen molar-refractivity contribution in [2.24, 2.45) is 5.41 Å². The molecule has 47 valence electrons. The summed E-state index contributed by atoms with van der Waals surface area (Å²) >= 11 is 11.5. The van der Waals surface area contributed by atoms with Crippen LogP contribution < -0.4 is 0 Å². The Morgan fingerprint density at radius 2 is 2.00 bits per heavy atom. The zero-order valence-corrected chi connectivity index (χ0v) is 6.39. The van der Waals surface area contributed by atoms with Gasteiger partial charge in [0.15, 0.2) is 0 Å². The van der Waals surface area contributed by atoms with Gasteiger partial charge >= 0.3 is 0 Å². The number of hydrogen-bond donors (Lipinski definition) is 0. The first-order valence-electron chi connectivity index (χ1n) is 2.69. The molecule has 0 aromatic rings. The lowest BCUT2D eigenvalue weighted by Gasteiger charge is -2.05. The van der Waals surface area contributed by atoms with Gasteiger partial charge in [0.25, 0.3) is 0 Å². The highest BCUT2D eigenvalue weighted by Gasteiger charge is 2.61. The van der Waals surface area contributed by atoms with Crippen LogP contribution in [0.4, 0.5) is 0 Å². The van der Waals surface area contributed by atoms with Crippen LogP contribution >= 0.6 is 23.2 Å². The van der Waals surface area contributed by atoms with E-state index in [1.165, 1.54) is 0 Å². The molecule has 0 bridgehead atoms. The average Bonchev–Trinajstić information content (AvgIpc) is 2.10. The molecule has 1 aliphatic rings.